The molecule has 54 heteroatoms. The number of amides is 15. The van der Waals surface area contributed by atoms with E-state index in [-0.39, 0.29) is 204 Å². The molecule has 4 aromatic rings. The fourth-order valence-electron chi connectivity index (χ4n) is 15.1. The number of thiol groups is 2. The van der Waals surface area contributed by atoms with Crippen LogP contribution in [0.1, 0.15) is 139 Å². The molecule has 0 radical (unpaired) electrons. The molecule has 15 amide bonds. The van der Waals surface area contributed by atoms with E-state index < -0.39 is 216 Å². The number of hydrogen-bond donors (Lipinski definition) is 37. The topological polar surface area (TPSA) is 901 Å². The number of phenolic OH excluding ortho intramolecular Hbond substituents is 2. The van der Waals surface area contributed by atoms with Crippen molar-refractivity contribution in [1.29, 1.82) is 27.0 Å². The SMILES string of the molecule is N=C(N)NCCC[C@H](NC(=O)[C@H](CS)NC(=O)[C@H](CCCNC(N)=O)NC(=O)[C@H](CCCNC(=N)N)NC(=O)[C@H](Cc1ccc(O)cc1)NC(=O)[C@@H]1CCCN1C(=O)[C@@H](CCC(=O)O)NC(=O)[C@H](CCCCN)NC(=O)[C@H](CCCNC(=N)N)NC(=O)[C@H](Cc1ccc(O)cc1)NC(=O)[C@H](CS)NC(=O)[C@H](Cc1ccc2ccccc2c1)NC(=O)[C@H](CCCNC(=N)N)NC(=O)[C@@H](N)CCCNC(=N)N)C(=O)O. The summed E-state index contributed by atoms with van der Waals surface area (Å²) in [6.45, 7) is -0.0197. The van der Waals surface area contributed by atoms with Crippen molar-refractivity contribution in [2.45, 2.75) is 226 Å². The molecule has 0 bridgehead atoms. The minimum atomic E-state index is -1.78. The van der Waals surface area contributed by atoms with Gasteiger partial charge in [0.25, 0.3) is 0 Å². The molecule has 0 unspecified atom stereocenters. The second-order valence-corrected chi connectivity index (χ2v) is 34.7. The van der Waals surface area contributed by atoms with Crippen LogP contribution in [0.3, 0.4) is 0 Å². The Labute approximate surface area is 836 Å². The summed E-state index contributed by atoms with van der Waals surface area (Å²) in [6.07, 6.45) is -2.68. The smallest absolute Gasteiger partial charge is 0.326 e. The molecule has 1 saturated heterocycles. The molecule has 1 aliphatic rings. The number of benzene rings is 4. The summed E-state index contributed by atoms with van der Waals surface area (Å²) in [5.74, 6) is -18.9. The number of carboxylic acids is 2. The molecule has 786 valence electrons. The number of unbranched alkanes of at least 4 members (excludes halogenated alkanes) is 1. The lowest BCUT2D eigenvalue weighted by Gasteiger charge is -2.31. The first-order valence-corrected chi connectivity index (χ1v) is 47.8. The van der Waals surface area contributed by atoms with Gasteiger partial charge in [0.1, 0.15) is 90.0 Å². The largest absolute Gasteiger partial charge is 0.508 e. The van der Waals surface area contributed by atoms with Crippen LogP contribution in [0.5, 0.6) is 11.5 Å². The van der Waals surface area contributed by atoms with Crippen molar-refractivity contribution in [3.05, 3.63) is 108 Å². The molecule has 0 spiro atoms. The highest BCUT2D eigenvalue weighted by atomic mass is 32.1. The standard InChI is InChI=1S/C89H138N32O20S2/c90-34-4-3-15-56(110-71(127)58(17-7-37-105-86(96)97)112-76(132)63(43-48-23-28-53(122)29-24-48)117-80(136)67(47-143)120-78(134)65(45-50-22-27-51-12-1-2-13-52(51)42-50)116-74(130)57(16-6-36-104-85(94)95)109-70(126)55(91)14-5-35-103-84(92)93)73(129)114-61(32-33-69(124)125)82(138)121-41-11-21-68(121)81(137)118-64(44-49-25-30-54(123)31-26-49)77(133)113-59(18-8-38-106-87(98)99)72(128)111-60(19-9-40-108-89(102)141)75(131)119-66(46-142)79(135)115-62(83(139)140)20-10-39-107-88(100)101/h1-2,12-13,22-31,42,55-68,122-123,142-143H,3-11,14-21,32-41,43-47,90-91H2,(H,109,126)(H,110,127)(H,111,128)(H,112,132)(H,113,133)(H,114,129)(H,115,135)(H,116,130)(H,117,136)(H,118,137)(H,119,131)(H,120,134)(H,124,125)(H,139,140)(H4,92,93,103)(H4,94,95,104)(H4,96,97,105)(H4,98,99,106)(H4,100,101,107)(H3,102,108,141)/t55-,56-,57-,58-,59-,60-,61+,62-,63-,64-,65-,66-,67-,68-/m0/s1. The molecule has 1 heterocycles. The van der Waals surface area contributed by atoms with Crippen molar-refractivity contribution >= 4 is 161 Å². The van der Waals surface area contributed by atoms with E-state index in [0.717, 1.165) is 15.7 Å². The van der Waals surface area contributed by atoms with Crippen LogP contribution in [0, 0.1) is 27.0 Å². The van der Waals surface area contributed by atoms with Crippen molar-refractivity contribution < 1.29 is 97.1 Å². The Morgan fingerprint density at radius 3 is 1.05 bits per heavy atom. The Hall–Kier alpha value is -15.0. The van der Waals surface area contributed by atoms with Gasteiger partial charge in [0.05, 0.1) is 6.04 Å². The first-order chi connectivity index (χ1) is 68.0. The molecule has 143 heavy (non-hydrogen) atoms. The van der Waals surface area contributed by atoms with Gasteiger partial charge >= 0.3 is 18.0 Å². The lowest BCUT2D eigenvalue weighted by Crippen LogP contribution is -2.61. The molecule has 0 aliphatic carbocycles. The number of hydrogen-bond acceptors (Lipinski definition) is 27. The lowest BCUT2D eigenvalue weighted by molar-refractivity contribution is -0.143. The van der Waals surface area contributed by atoms with E-state index in [1.807, 2.05) is 18.2 Å². The Kier molecular flexibility index (Phi) is 52.2. The van der Waals surface area contributed by atoms with Crippen molar-refractivity contribution in [1.82, 2.24) is 101 Å². The normalized spacial score (nSPS) is 14.7. The minimum absolute atomic E-state index is 0.0183. The van der Waals surface area contributed by atoms with Crippen LogP contribution < -0.4 is 142 Å². The third-order valence-electron chi connectivity index (χ3n) is 22.6. The van der Waals surface area contributed by atoms with Crippen LogP contribution in [0.4, 0.5) is 4.79 Å². The van der Waals surface area contributed by atoms with Gasteiger partial charge in [-0.3, -0.25) is 94.2 Å². The number of urea groups is 1. The Balaban J connectivity index is 1.47. The Morgan fingerprint density at radius 2 is 0.671 bits per heavy atom. The van der Waals surface area contributed by atoms with Crippen LogP contribution >= 0.6 is 25.3 Å². The van der Waals surface area contributed by atoms with Gasteiger partial charge < -0.3 is 167 Å². The molecule has 52 nitrogen and oxygen atoms in total. The summed E-state index contributed by atoms with van der Waals surface area (Å²) >= 11 is 8.65. The van der Waals surface area contributed by atoms with Crippen molar-refractivity contribution in [3.8, 4) is 11.5 Å². The maximum absolute atomic E-state index is 15.3. The number of carbonyl (C=O) groups excluding carboxylic acids is 14. The van der Waals surface area contributed by atoms with Crippen LogP contribution in [0.15, 0.2) is 91.0 Å². The molecule has 0 saturated carbocycles. The number of aliphatic carboxylic acids is 2. The molecule has 1 fully saturated rings. The predicted molar refractivity (Wildman–Crippen MR) is 535 cm³/mol. The Bertz CT molecular complexity index is 5010. The fourth-order valence-corrected chi connectivity index (χ4v) is 15.6. The number of primary amides is 1. The Morgan fingerprint density at radius 1 is 0.357 bits per heavy atom. The quantitative estimate of drug-likeness (QED) is 0.00845. The predicted octanol–water partition coefficient (Wildman–Crippen LogP) is -6.88. The first-order valence-electron chi connectivity index (χ1n) is 46.5. The first kappa shape index (κ1) is 119. The number of guanidine groups is 5. The van der Waals surface area contributed by atoms with Gasteiger partial charge in [-0.25, -0.2) is 9.59 Å². The van der Waals surface area contributed by atoms with Gasteiger partial charge in [-0.1, -0.05) is 66.7 Å². The maximum atomic E-state index is 15.3. The van der Waals surface area contributed by atoms with Gasteiger partial charge in [0.2, 0.25) is 76.8 Å². The highest BCUT2D eigenvalue weighted by Gasteiger charge is 2.42. The fraction of sp³-hybridized carbons (Fsp3) is 0.517. The number of rotatable bonds is 65. The van der Waals surface area contributed by atoms with Crippen molar-refractivity contribution in [2.75, 3.05) is 63.9 Å². The van der Waals surface area contributed by atoms with Crippen molar-refractivity contribution in [2.24, 2.45) is 45.9 Å². The highest BCUT2D eigenvalue weighted by Crippen LogP contribution is 2.24. The molecule has 4 aromatic carbocycles. The van der Waals surface area contributed by atoms with E-state index in [1.54, 1.807) is 24.3 Å². The number of fused-ring (bicyclic) bond motifs is 1. The number of carboxylic acid groups (broad SMARTS) is 2. The molecule has 0 aromatic heterocycles. The third-order valence-corrected chi connectivity index (χ3v) is 23.3. The third kappa shape index (κ3) is 44.6. The number of nitrogens with zero attached hydrogens (tertiary/aromatic N) is 1. The maximum Gasteiger partial charge on any atom is 0.326 e. The van der Waals surface area contributed by atoms with Crippen LogP contribution in [0.25, 0.3) is 10.8 Å². The van der Waals surface area contributed by atoms with E-state index in [9.17, 15) is 68.4 Å². The minimum Gasteiger partial charge on any atom is -0.508 e. The van der Waals surface area contributed by atoms with Crippen LogP contribution in [-0.2, 0) is 91.2 Å². The van der Waals surface area contributed by atoms with E-state index in [1.165, 1.54) is 48.5 Å². The summed E-state index contributed by atoms with van der Waals surface area (Å²) in [5.41, 5.74) is 46.1. The number of aromatic hydroxyl groups is 2. The summed E-state index contributed by atoms with van der Waals surface area (Å²) in [4.78, 5) is 229. The van der Waals surface area contributed by atoms with E-state index in [4.69, 9.17) is 72.9 Å². The van der Waals surface area contributed by atoms with Gasteiger partial charge in [-0.2, -0.15) is 25.3 Å². The second-order valence-electron chi connectivity index (χ2n) is 33.9. The van der Waals surface area contributed by atoms with Gasteiger partial charge in [-0.05, 0) is 174 Å². The molecular formula is C89H138N32O20S2. The number of carbonyl (C=O) groups is 16. The average Bonchev–Trinajstić information content (AvgIpc) is 1.80. The monoisotopic (exact) mass is 2040 g/mol. The van der Waals surface area contributed by atoms with E-state index >= 15 is 28.8 Å². The zero-order chi connectivity index (χ0) is 106. The lowest BCUT2D eigenvalue weighted by atomic mass is 10.00. The number of nitrogens with two attached hydrogens (primary N) is 8. The summed E-state index contributed by atoms with van der Waals surface area (Å²) < 4.78 is 0. The zero-order valence-corrected chi connectivity index (χ0v) is 80.9. The number of likely N-dealkylation sites (tertiary alicyclic amines) is 1. The average molecular weight is 2040 g/mol. The summed E-state index contributed by atoms with van der Waals surface area (Å²) in [7, 11) is 0. The zero-order valence-electron chi connectivity index (χ0n) is 79.2. The van der Waals surface area contributed by atoms with Crippen molar-refractivity contribution in [3.63, 3.8) is 0 Å². The molecular weight excluding hydrogens is 1900 g/mol. The highest BCUT2D eigenvalue weighted by molar-refractivity contribution is 7.80. The molecule has 43 N–H and O–H groups in total. The molecule has 5 rings (SSSR count). The number of nitrogens with one attached hydrogen (secondary N) is 23. The number of phenols is 2. The second kappa shape index (κ2) is 63.0. The van der Waals surface area contributed by atoms with Crippen LogP contribution in [-0.4, -0.2) is 298 Å². The van der Waals surface area contributed by atoms with E-state index in [2.05, 4.69) is 121 Å². The van der Waals surface area contributed by atoms with E-state index in [0.29, 0.717) is 23.1 Å². The van der Waals surface area contributed by atoms with Gasteiger partial charge in [0, 0.05) is 83.0 Å². The van der Waals surface area contributed by atoms with Gasteiger partial charge in [0.15, 0.2) is 29.8 Å². The molecule has 1 aliphatic heterocycles. The van der Waals surface area contributed by atoms with Crippen LogP contribution in [0.2, 0.25) is 0 Å². The summed E-state index contributed by atoms with van der Waals surface area (Å²) in [6, 6.07) is 0.709. The van der Waals surface area contributed by atoms with Gasteiger partial charge in [-0.15, -0.1) is 0 Å². The summed E-state index contributed by atoms with van der Waals surface area (Å²) in [5, 5.41) is 127. The molecule has 14 atom stereocenters.